The van der Waals surface area contributed by atoms with Gasteiger partial charge in [-0.15, -0.1) is 0 Å². The highest BCUT2D eigenvalue weighted by Gasteiger charge is 1.87. The van der Waals surface area contributed by atoms with Gasteiger partial charge in [-0.3, -0.25) is 0 Å². The molecule has 0 atom stereocenters. The monoisotopic (exact) mass is 451 g/mol. The zero-order valence-electron chi connectivity index (χ0n) is 15.5. The van der Waals surface area contributed by atoms with Gasteiger partial charge in [0, 0.05) is 23.9 Å². The molecule has 6 heteroatoms. The first-order valence-electron chi connectivity index (χ1n) is 8.96. The van der Waals surface area contributed by atoms with E-state index in [1.807, 2.05) is 0 Å². The van der Waals surface area contributed by atoms with Crippen LogP contribution in [0.3, 0.4) is 0 Å². The lowest BCUT2D eigenvalue weighted by atomic mass is 10.2. The highest BCUT2D eigenvalue weighted by atomic mass is 79.9. The van der Waals surface area contributed by atoms with Crippen molar-refractivity contribution >= 4 is 50.9 Å². The third kappa shape index (κ3) is 44.9. The Bertz CT molecular complexity index is 171. The minimum atomic E-state index is -0.222. The molecule has 0 radical (unpaired) electrons. The van der Waals surface area contributed by atoms with Crippen LogP contribution in [-0.4, -0.2) is 43.4 Å². The van der Waals surface area contributed by atoms with Crippen LogP contribution in [-0.2, 0) is 0 Å². The standard InChI is InChI=1S/2C7H15BrO.CH5BS/c2*8-6-4-2-1-3-5-7-9;1-2-3/h2*9H,1-7H2;2-3H,1H3/i9T;;2D. The zero-order chi connectivity index (χ0) is 18.2. The summed E-state index contributed by atoms with van der Waals surface area (Å²) in [6.45, 7) is 2.42. The summed E-state index contributed by atoms with van der Waals surface area (Å²) in [4.78, 5) is 0. The highest BCUT2D eigenvalue weighted by molar-refractivity contribution is 9.09. The minimum Gasteiger partial charge on any atom is -0.396 e. The number of aliphatic hydroxyl groups is 2. The van der Waals surface area contributed by atoms with Gasteiger partial charge in [0.25, 0.3) is 0 Å². The molecule has 0 heterocycles. The molecule has 0 saturated carbocycles. The summed E-state index contributed by atoms with van der Waals surface area (Å²) >= 11 is 10.4. The van der Waals surface area contributed by atoms with E-state index in [0.29, 0.717) is 13.2 Å². The number of hydrogen-bond donors (Lipinski definition) is 3. The van der Waals surface area contributed by atoms with Crippen LogP contribution < -0.4 is 0 Å². The molecule has 0 aliphatic carbocycles. The van der Waals surface area contributed by atoms with E-state index in [-0.39, 0.29) is 6.52 Å². The third-order valence-corrected chi connectivity index (χ3v) is 3.69. The summed E-state index contributed by atoms with van der Waals surface area (Å²) in [5.74, 6) is 0. The van der Waals surface area contributed by atoms with Gasteiger partial charge in [0.15, 0.2) is 6.52 Å². The lowest BCUT2D eigenvalue weighted by Crippen LogP contribution is -1.83. The molecule has 0 aromatic carbocycles. The van der Waals surface area contributed by atoms with Crippen molar-refractivity contribution in [3.63, 3.8) is 0 Å². The lowest BCUT2D eigenvalue weighted by molar-refractivity contribution is 0.282. The molecular weight excluding hydrogens is 415 g/mol. The van der Waals surface area contributed by atoms with Crippen molar-refractivity contribution in [1.29, 1.82) is 2.77 Å². The molecule has 130 valence electrons. The van der Waals surface area contributed by atoms with Gasteiger partial charge >= 0.3 is 0 Å². The Labute approximate surface area is 158 Å². The van der Waals surface area contributed by atoms with E-state index in [1.54, 1.807) is 6.82 Å². The van der Waals surface area contributed by atoms with Crippen LogP contribution in [0.2, 0.25) is 6.82 Å². The number of halogens is 2. The van der Waals surface area contributed by atoms with Crippen molar-refractivity contribution in [3.05, 3.63) is 0 Å². The largest absolute Gasteiger partial charge is 0.396 e. The molecular formula is C15H35BBr2O2S. The zero-order valence-corrected chi connectivity index (χ0v) is 17.6. The number of aliphatic hydroxyl groups excluding tert-OH is 2. The fraction of sp³-hybridized carbons (Fsp3) is 1.00. The van der Waals surface area contributed by atoms with Crippen molar-refractivity contribution in [2.24, 2.45) is 0 Å². The normalized spacial score (nSPS) is 10.5. The predicted octanol–water partition coefficient (Wildman–Crippen LogP) is 4.96. The Morgan fingerprint density at radius 2 is 1.24 bits per heavy atom. The van der Waals surface area contributed by atoms with E-state index in [4.69, 9.17) is 7.87 Å². The smallest absolute Gasteiger partial charge is 0.210 e. The second-order valence-electron chi connectivity index (χ2n) is 4.60. The molecule has 21 heavy (non-hydrogen) atoms. The van der Waals surface area contributed by atoms with Crippen molar-refractivity contribution in [3.8, 4) is 0 Å². The van der Waals surface area contributed by atoms with E-state index in [2.05, 4.69) is 49.4 Å². The molecule has 0 rings (SSSR count). The average molecular weight is 453 g/mol. The molecule has 0 saturated heterocycles. The van der Waals surface area contributed by atoms with Gasteiger partial charge in [-0.05, 0) is 27.0 Å². The molecule has 0 spiro atoms. The maximum Gasteiger partial charge on any atom is 0.210 e. The van der Waals surface area contributed by atoms with E-state index >= 15 is 0 Å². The number of hydrogen-bond acceptors (Lipinski definition) is 3. The summed E-state index contributed by atoms with van der Waals surface area (Å²) in [6.07, 6.45) is 12.1. The van der Waals surface area contributed by atoms with Crippen LogP contribution in [0, 0.1) is 0 Å². The van der Waals surface area contributed by atoms with E-state index in [1.165, 1.54) is 51.4 Å². The van der Waals surface area contributed by atoms with Crippen molar-refractivity contribution in [1.82, 2.24) is 0 Å². The van der Waals surface area contributed by atoms with Gasteiger partial charge in [-0.1, -0.05) is 77.2 Å². The van der Waals surface area contributed by atoms with E-state index in [0.717, 1.165) is 23.5 Å². The van der Waals surface area contributed by atoms with Crippen molar-refractivity contribution in [2.75, 3.05) is 23.9 Å². The summed E-state index contributed by atoms with van der Waals surface area (Å²) in [5, 5.41) is 14.8. The maximum absolute atomic E-state index is 8.41. The first-order chi connectivity index (χ1) is 11.1. The molecule has 0 aliphatic heterocycles. The van der Waals surface area contributed by atoms with Gasteiger partial charge < -0.3 is 10.2 Å². The van der Waals surface area contributed by atoms with E-state index in [9.17, 15) is 0 Å². The molecule has 0 bridgehead atoms. The molecule has 0 fully saturated rings. The van der Waals surface area contributed by atoms with Gasteiger partial charge in [-0.25, -0.2) is 12.5 Å². The second-order valence-corrected chi connectivity index (χ2v) is 6.70. The summed E-state index contributed by atoms with van der Waals surface area (Å²) in [5.41, 5.74) is 0. The molecule has 0 amide bonds. The van der Waals surface area contributed by atoms with Crippen molar-refractivity contribution < 1.29 is 10.2 Å². The lowest BCUT2D eigenvalue weighted by Gasteiger charge is -1.95. The predicted molar refractivity (Wildman–Crippen MR) is 110 cm³/mol. The van der Waals surface area contributed by atoms with Gasteiger partial charge in [0.2, 0.25) is 1.43 Å². The quantitative estimate of drug-likeness (QED) is 0.160. The number of rotatable bonds is 13. The van der Waals surface area contributed by atoms with Crippen LogP contribution in [0.4, 0.5) is 0 Å². The summed E-state index contributed by atoms with van der Waals surface area (Å²) < 4.78 is 12.9. The fourth-order valence-electron chi connectivity index (χ4n) is 1.46. The fourth-order valence-corrected chi connectivity index (χ4v) is 2.26. The SMILES string of the molecule is OCCCCCCCBr.[2H]B(C)S.[3H]OCCCCCCCBr. The summed E-state index contributed by atoms with van der Waals surface area (Å²) in [6, 6.07) is 0. The van der Waals surface area contributed by atoms with E-state index < -0.39 is 0 Å². The first-order valence-corrected chi connectivity index (χ1v) is 10.7. The Balaban J connectivity index is -0.000000284. The number of alkyl halides is 2. The summed E-state index contributed by atoms with van der Waals surface area (Å²) in [7, 11) is 0. The van der Waals surface area contributed by atoms with Gasteiger partial charge in [0.05, 0.1) is 0 Å². The number of thiol groups is 1. The highest BCUT2D eigenvalue weighted by Crippen LogP contribution is 2.04. The Morgan fingerprint density at radius 3 is 1.57 bits per heavy atom. The van der Waals surface area contributed by atoms with Crippen LogP contribution in [0.15, 0.2) is 0 Å². The average Bonchev–Trinajstić information content (AvgIpc) is 2.51. The molecule has 0 aromatic heterocycles. The van der Waals surface area contributed by atoms with Crippen LogP contribution >= 0.6 is 44.3 Å². The topological polar surface area (TPSA) is 40.5 Å². The van der Waals surface area contributed by atoms with Crippen LogP contribution in [0.25, 0.3) is 0 Å². The molecule has 2 N–H and O–H groups in total. The van der Waals surface area contributed by atoms with Gasteiger partial charge in [-0.2, -0.15) is 0 Å². The second kappa shape index (κ2) is 33.0. The minimum absolute atomic E-state index is 0.222. The van der Waals surface area contributed by atoms with Crippen LogP contribution in [0.1, 0.15) is 64.2 Å². The number of unbranched alkanes of at least 4 members (excludes halogenated alkanes) is 8. The first kappa shape index (κ1) is 22.3. The maximum atomic E-state index is 8.41. The Kier molecular flexibility index (Phi) is 35.1. The molecule has 2 nitrogen and oxygen atoms in total. The molecule has 0 aromatic rings. The van der Waals surface area contributed by atoms with Crippen LogP contribution in [0.5, 0.6) is 0 Å². The molecule has 0 unspecified atom stereocenters. The van der Waals surface area contributed by atoms with Gasteiger partial charge in [0.1, 0.15) is 0 Å². The Morgan fingerprint density at radius 1 is 0.905 bits per heavy atom. The Hall–Kier alpha value is 1.29. The molecule has 0 aliphatic rings. The third-order valence-electron chi connectivity index (χ3n) is 2.57. The van der Waals surface area contributed by atoms with Crippen molar-refractivity contribution in [2.45, 2.75) is 71.0 Å².